The lowest BCUT2D eigenvalue weighted by Crippen LogP contribution is -2.40. The predicted octanol–water partition coefficient (Wildman–Crippen LogP) is 5.41. The Morgan fingerprint density at radius 3 is 2.36 bits per heavy atom. The summed E-state index contributed by atoms with van der Waals surface area (Å²) < 4.78 is 5.40. The van der Waals surface area contributed by atoms with Crippen LogP contribution in [-0.2, 0) is 4.74 Å². The van der Waals surface area contributed by atoms with Gasteiger partial charge in [-0.1, -0.05) is 40.9 Å². The number of amides is 1. The fourth-order valence-electron chi connectivity index (χ4n) is 2.29. The van der Waals surface area contributed by atoms with E-state index in [0.29, 0.717) is 23.1 Å². The van der Waals surface area contributed by atoms with Gasteiger partial charge in [0.1, 0.15) is 5.60 Å². The van der Waals surface area contributed by atoms with Crippen molar-refractivity contribution in [1.82, 2.24) is 4.90 Å². The fraction of sp³-hybridized carbons (Fsp3) is 0.471. The SMILES string of the molecule is CC(C)(C)OC(=O)N1CCC(=Cc2ccc(Cl)c(Cl)c2)CC1. The summed E-state index contributed by atoms with van der Waals surface area (Å²) >= 11 is 11.9. The quantitative estimate of drug-likeness (QED) is 0.683. The first kappa shape index (κ1) is 17.2. The zero-order chi connectivity index (χ0) is 16.3. The average Bonchev–Trinajstić information content (AvgIpc) is 2.42. The molecule has 1 saturated heterocycles. The molecule has 3 nitrogen and oxygen atoms in total. The van der Waals surface area contributed by atoms with Gasteiger partial charge in [0.15, 0.2) is 0 Å². The molecule has 1 heterocycles. The van der Waals surface area contributed by atoms with E-state index in [9.17, 15) is 4.79 Å². The molecule has 1 aromatic rings. The summed E-state index contributed by atoms with van der Waals surface area (Å²) in [5, 5.41) is 1.12. The maximum absolute atomic E-state index is 12.0. The van der Waals surface area contributed by atoms with Gasteiger partial charge in [-0.05, 0) is 51.3 Å². The third kappa shape index (κ3) is 4.92. The van der Waals surface area contributed by atoms with Crippen molar-refractivity contribution in [3.8, 4) is 0 Å². The third-order valence-corrected chi connectivity index (χ3v) is 4.11. The van der Waals surface area contributed by atoms with Gasteiger partial charge in [0, 0.05) is 13.1 Å². The first-order valence-corrected chi connectivity index (χ1v) is 8.12. The Morgan fingerprint density at radius 2 is 1.82 bits per heavy atom. The number of carbonyl (C=O) groups excluding carboxylic acids is 1. The van der Waals surface area contributed by atoms with Crippen molar-refractivity contribution >= 4 is 35.4 Å². The summed E-state index contributed by atoms with van der Waals surface area (Å²) in [6.45, 7) is 7.00. The van der Waals surface area contributed by atoms with E-state index in [4.69, 9.17) is 27.9 Å². The van der Waals surface area contributed by atoms with Gasteiger partial charge in [0.25, 0.3) is 0 Å². The molecule has 1 aromatic carbocycles. The second-order valence-electron chi connectivity index (χ2n) is 6.44. The standard InChI is InChI=1S/C17H21Cl2NO2/c1-17(2,3)22-16(21)20-8-6-12(7-9-20)10-13-4-5-14(18)15(19)11-13/h4-5,10-11H,6-9H2,1-3H3. The number of carbonyl (C=O) groups is 1. The summed E-state index contributed by atoms with van der Waals surface area (Å²) in [6, 6.07) is 5.60. The molecule has 0 radical (unpaired) electrons. The third-order valence-electron chi connectivity index (χ3n) is 3.37. The summed E-state index contributed by atoms with van der Waals surface area (Å²) in [6.07, 6.45) is 3.58. The van der Waals surface area contributed by atoms with Crippen molar-refractivity contribution in [2.75, 3.05) is 13.1 Å². The molecule has 120 valence electrons. The van der Waals surface area contributed by atoms with E-state index in [1.54, 1.807) is 11.0 Å². The highest BCUT2D eigenvalue weighted by Gasteiger charge is 2.24. The Bertz CT molecular complexity index is 581. The lowest BCUT2D eigenvalue weighted by molar-refractivity contribution is 0.0237. The van der Waals surface area contributed by atoms with Crippen molar-refractivity contribution in [2.24, 2.45) is 0 Å². The van der Waals surface area contributed by atoms with E-state index in [1.165, 1.54) is 5.57 Å². The maximum atomic E-state index is 12.0. The van der Waals surface area contributed by atoms with Crippen LogP contribution in [0, 0.1) is 0 Å². The Hall–Kier alpha value is -1.19. The smallest absolute Gasteiger partial charge is 0.410 e. The Morgan fingerprint density at radius 1 is 1.18 bits per heavy atom. The van der Waals surface area contributed by atoms with Gasteiger partial charge < -0.3 is 9.64 Å². The monoisotopic (exact) mass is 341 g/mol. The first-order chi connectivity index (χ1) is 10.2. The number of nitrogens with zero attached hydrogens (tertiary/aromatic N) is 1. The second kappa shape index (κ2) is 6.93. The number of rotatable bonds is 1. The van der Waals surface area contributed by atoms with Gasteiger partial charge in [-0.15, -0.1) is 0 Å². The molecule has 0 atom stereocenters. The van der Waals surface area contributed by atoms with Gasteiger partial charge in [-0.2, -0.15) is 0 Å². The van der Waals surface area contributed by atoms with Crippen LogP contribution in [0.25, 0.3) is 6.08 Å². The first-order valence-electron chi connectivity index (χ1n) is 7.37. The van der Waals surface area contributed by atoms with E-state index in [1.807, 2.05) is 32.9 Å². The minimum absolute atomic E-state index is 0.235. The van der Waals surface area contributed by atoms with Crippen LogP contribution in [0.1, 0.15) is 39.2 Å². The maximum Gasteiger partial charge on any atom is 0.410 e. The molecule has 0 aromatic heterocycles. The molecule has 0 bridgehead atoms. The molecule has 22 heavy (non-hydrogen) atoms. The van der Waals surface area contributed by atoms with Gasteiger partial charge in [-0.25, -0.2) is 4.79 Å². The highest BCUT2D eigenvalue weighted by Crippen LogP contribution is 2.26. The second-order valence-corrected chi connectivity index (χ2v) is 7.26. The number of hydrogen-bond acceptors (Lipinski definition) is 2. The van der Waals surface area contributed by atoms with E-state index < -0.39 is 5.60 Å². The van der Waals surface area contributed by atoms with E-state index in [-0.39, 0.29) is 6.09 Å². The van der Waals surface area contributed by atoms with Crippen LogP contribution in [0.2, 0.25) is 10.0 Å². The van der Waals surface area contributed by atoms with Gasteiger partial charge in [0.2, 0.25) is 0 Å². The van der Waals surface area contributed by atoms with E-state index >= 15 is 0 Å². The molecular formula is C17H21Cl2NO2. The highest BCUT2D eigenvalue weighted by atomic mass is 35.5. The number of likely N-dealkylation sites (tertiary alicyclic amines) is 1. The molecule has 1 aliphatic rings. The molecule has 0 unspecified atom stereocenters. The van der Waals surface area contributed by atoms with E-state index in [0.717, 1.165) is 18.4 Å². The van der Waals surface area contributed by atoms with Crippen LogP contribution in [0.4, 0.5) is 4.79 Å². The molecule has 0 N–H and O–H groups in total. The minimum atomic E-state index is -0.451. The Kier molecular flexibility index (Phi) is 5.41. The van der Waals surface area contributed by atoms with Crippen LogP contribution in [0.3, 0.4) is 0 Å². The van der Waals surface area contributed by atoms with Gasteiger partial charge in [0.05, 0.1) is 10.0 Å². The molecular weight excluding hydrogens is 321 g/mol. The number of hydrogen-bond donors (Lipinski definition) is 0. The average molecular weight is 342 g/mol. The number of benzene rings is 1. The van der Waals surface area contributed by atoms with Crippen molar-refractivity contribution in [2.45, 2.75) is 39.2 Å². The largest absolute Gasteiger partial charge is 0.444 e. The topological polar surface area (TPSA) is 29.5 Å². The van der Waals surface area contributed by atoms with Crippen molar-refractivity contribution in [1.29, 1.82) is 0 Å². The van der Waals surface area contributed by atoms with Gasteiger partial charge >= 0.3 is 6.09 Å². The molecule has 2 rings (SSSR count). The van der Waals surface area contributed by atoms with E-state index in [2.05, 4.69) is 6.08 Å². The van der Waals surface area contributed by atoms with Crippen LogP contribution < -0.4 is 0 Å². The lowest BCUT2D eigenvalue weighted by Gasteiger charge is -2.31. The zero-order valence-corrected chi connectivity index (χ0v) is 14.7. The zero-order valence-electron chi connectivity index (χ0n) is 13.2. The molecule has 1 amide bonds. The predicted molar refractivity (Wildman–Crippen MR) is 91.5 cm³/mol. The number of halogens is 2. The summed E-state index contributed by atoms with van der Waals surface area (Å²) in [7, 11) is 0. The molecule has 0 aliphatic carbocycles. The van der Waals surface area contributed by atoms with Crippen LogP contribution in [0.15, 0.2) is 23.8 Å². The van der Waals surface area contributed by atoms with Crippen molar-refractivity contribution in [3.63, 3.8) is 0 Å². The fourth-order valence-corrected chi connectivity index (χ4v) is 2.59. The molecule has 5 heteroatoms. The molecule has 0 spiro atoms. The van der Waals surface area contributed by atoms with Gasteiger partial charge in [-0.3, -0.25) is 0 Å². The summed E-state index contributed by atoms with van der Waals surface area (Å²) in [5.74, 6) is 0. The summed E-state index contributed by atoms with van der Waals surface area (Å²) in [4.78, 5) is 13.8. The molecule has 0 saturated carbocycles. The number of piperidine rings is 1. The summed E-state index contributed by atoms with van der Waals surface area (Å²) in [5.41, 5.74) is 1.89. The molecule has 1 fully saturated rings. The number of ether oxygens (including phenoxy) is 1. The highest BCUT2D eigenvalue weighted by molar-refractivity contribution is 6.42. The Labute approximate surface area is 141 Å². The van der Waals surface area contributed by atoms with Crippen molar-refractivity contribution in [3.05, 3.63) is 39.4 Å². The van der Waals surface area contributed by atoms with Crippen molar-refractivity contribution < 1.29 is 9.53 Å². The lowest BCUT2D eigenvalue weighted by atomic mass is 10.0. The Balaban J connectivity index is 1.95. The minimum Gasteiger partial charge on any atom is -0.444 e. The molecule has 1 aliphatic heterocycles. The van der Waals surface area contributed by atoms with Crippen LogP contribution in [-0.4, -0.2) is 29.7 Å². The normalized spacial score (nSPS) is 15.7. The van der Waals surface area contributed by atoms with Crippen LogP contribution >= 0.6 is 23.2 Å². The van der Waals surface area contributed by atoms with Crippen LogP contribution in [0.5, 0.6) is 0 Å².